The van der Waals surface area contributed by atoms with Crippen LogP contribution in [0.25, 0.3) is 0 Å². The molecule has 0 amide bonds. The smallest absolute Gasteiger partial charge is 0.312 e. The van der Waals surface area contributed by atoms with Gasteiger partial charge in [0.05, 0.1) is 19.1 Å². The molecule has 1 aromatic carbocycles. The number of carbonyl (C=O) groups excluding carboxylic acids is 1. The quantitative estimate of drug-likeness (QED) is 0.817. The van der Waals surface area contributed by atoms with Crippen molar-refractivity contribution >= 4 is 5.97 Å². The van der Waals surface area contributed by atoms with Gasteiger partial charge in [-0.3, -0.25) is 4.79 Å². The van der Waals surface area contributed by atoms with Gasteiger partial charge in [0.2, 0.25) is 0 Å². The van der Waals surface area contributed by atoms with Gasteiger partial charge in [0, 0.05) is 5.56 Å². The predicted octanol–water partition coefficient (Wildman–Crippen LogP) is 1.64. The topological polar surface area (TPSA) is 77.2 Å². The zero-order valence-electron chi connectivity index (χ0n) is 12.7. The van der Waals surface area contributed by atoms with E-state index in [1.807, 2.05) is 0 Å². The summed E-state index contributed by atoms with van der Waals surface area (Å²) in [6.45, 7) is 2.82. The fourth-order valence-electron chi connectivity index (χ4n) is 2.31. The summed E-state index contributed by atoms with van der Waals surface area (Å²) < 4.78 is 33.9. The Kier molecular flexibility index (Phi) is 5.05. The summed E-state index contributed by atoms with van der Waals surface area (Å²) in [5.74, 6) is -3.43. The van der Waals surface area contributed by atoms with Gasteiger partial charge in [0.1, 0.15) is 29.9 Å². The number of benzene rings is 1. The van der Waals surface area contributed by atoms with Gasteiger partial charge in [-0.15, -0.1) is 0 Å². The molecule has 2 aromatic rings. The summed E-state index contributed by atoms with van der Waals surface area (Å²) in [6.07, 6.45) is 2.54. The Bertz CT molecular complexity index is 679. The number of hydrogen-bond acceptors (Lipinski definition) is 5. The lowest BCUT2D eigenvalue weighted by molar-refractivity contribution is -0.159. The Morgan fingerprint density at radius 3 is 2.83 bits per heavy atom. The first-order chi connectivity index (χ1) is 10.9. The zero-order chi connectivity index (χ0) is 17.0. The molecule has 124 valence electrons. The molecule has 2 unspecified atom stereocenters. The number of aromatic nitrogens is 3. The molecule has 0 radical (unpaired) electrons. The molecule has 1 N–H and O–H groups in total. The molecule has 0 aliphatic heterocycles. The third-order valence-corrected chi connectivity index (χ3v) is 3.62. The van der Waals surface area contributed by atoms with E-state index in [2.05, 4.69) is 10.1 Å². The molecule has 0 saturated heterocycles. The molecule has 0 aliphatic carbocycles. The number of esters is 1. The van der Waals surface area contributed by atoms with Crippen LogP contribution in [0.4, 0.5) is 8.78 Å². The fraction of sp³-hybridized carbons (Fsp3) is 0.400. The first-order valence-corrected chi connectivity index (χ1v) is 7.05. The van der Waals surface area contributed by atoms with Crippen LogP contribution < -0.4 is 0 Å². The van der Waals surface area contributed by atoms with Crippen molar-refractivity contribution in [1.82, 2.24) is 14.8 Å². The van der Waals surface area contributed by atoms with Crippen molar-refractivity contribution in [2.24, 2.45) is 5.92 Å². The average molecular weight is 325 g/mol. The maximum atomic E-state index is 14.2. The van der Waals surface area contributed by atoms with E-state index < -0.39 is 29.1 Å². The van der Waals surface area contributed by atoms with Gasteiger partial charge in [-0.25, -0.2) is 18.4 Å². The monoisotopic (exact) mass is 325 g/mol. The van der Waals surface area contributed by atoms with E-state index in [1.54, 1.807) is 6.92 Å². The van der Waals surface area contributed by atoms with E-state index in [1.165, 1.54) is 24.3 Å². The Balaban J connectivity index is 2.49. The molecule has 0 fully saturated rings. The lowest BCUT2D eigenvalue weighted by atomic mass is 9.81. The van der Waals surface area contributed by atoms with Gasteiger partial charge >= 0.3 is 5.97 Å². The SMILES string of the molecule is CCOC(=O)C(C)C(O)(Cn1cncn1)c1cc(F)ccc1F. The van der Waals surface area contributed by atoms with Gasteiger partial charge in [-0.1, -0.05) is 0 Å². The predicted molar refractivity (Wildman–Crippen MR) is 76.1 cm³/mol. The maximum Gasteiger partial charge on any atom is 0.312 e. The molecule has 2 rings (SSSR count). The van der Waals surface area contributed by atoms with E-state index >= 15 is 0 Å². The number of ether oxygens (including phenoxy) is 1. The normalized spacial score (nSPS) is 15.0. The van der Waals surface area contributed by atoms with Crippen LogP contribution in [-0.4, -0.2) is 32.4 Å². The molecule has 0 bridgehead atoms. The molecule has 1 heterocycles. The first-order valence-electron chi connectivity index (χ1n) is 7.05. The Morgan fingerprint density at radius 2 is 2.22 bits per heavy atom. The molecule has 1 aromatic heterocycles. The average Bonchev–Trinajstić information content (AvgIpc) is 3.01. The summed E-state index contributed by atoms with van der Waals surface area (Å²) in [5.41, 5.74) is -2.39. The fourth-order valence-corrected chi connectivity index (χ4v) is 2.31. The number of hydrogen-bond donors (Lipinski definition) is 1. The van der Waals surface area contributed by atoms with E-state index in [0.717, 1.165) is 18.2 Å². The lowest BCUT2D eigenvalue weighted by Crippen LogP contribution is -2.43. The van der Waals surface area contributed by atoms with Gasteiger partial charge in [0.15, 0.2) is 0 Å². The maximum absolute atomic E-state index is 14.2. The lowest BCUT2D eigenvalue weighted by Gasteiger charge is -2.33. The second kappa shape index (κ2) is 6.82. The third-order valence-electron chi connectivity index (χ3n) is 3.62. The van der Waals surface area contributed by atoms with Crippen LogP contribution in [0.3, 0.4) is 0 Å². The number of nitrogens with zero attached hydrogens (tertiary/aromatic N) is 3. The van der Waals surface area contributed by atoms with Crippen molar-refractivity contribution in [3.8, 4) is 0 Å². The number of aliphatic hydroxyl groups is 1. The summed E-state index contributed by atoms with van der Waals surface area (Å²) in [6, 6.07) is 2.70. The zero-order valence-corrected chi connectivity index (χ0v) is 12.7. The van der Waals surface area contributed by atoms with E-state index in [9.17, 15) is 18.7 Å². The van der Waals surface area contributed by atoms with Gasteiger partial charge in [0.25, 0.3) is 0 Å². The van der Waals surface area contributed by atoms with Crippen LogP contribution in [0.5, 0.6) is 0 Å². The summed E-state index contributed by atoms with van der Waals surface area (Å²) >= 11 is 0. The number of halogens is 2. The van der Waals surface area contributed by atoms with Crippen molar-refractivity contribution in [2.45, 2.75) is 26.0 Å². The van der Waals surface area contributed by atoms with Gasteiger partial charge in [-0.05, 0) is 32.0 Å². The highest BCUT2D eigenvalue weighted by molar-refractivity contribution is 5.73. The molecule has 8 heteroatoms. The van der Waals surface area contributed by atoms with Crippen molar-refractivity contribution in [3.05, 3.63) is 48.1 Å². The van der Waals surface area contributed by atoms with E-state index in [0.29, 0.717) is 0 Å². The van der Waals surface area contributed by atoms with Crippen molar-refractivity contribution in [1.29, 1.82) is 0 Å². The van der Waals surface area contributed by atoms with Crippen molar-refractivity contribution in [3.63, 3.8) is 0 Å². The molecular weight excluding hydrogens is 308 g/mol. The minimum atomic E-state index is -2.05. The minimum absolute atomic E-state index is 0.105. The summed E-state index contributed by atoms with van der Waals surface area (Å²) in [7, 11) is 0. The van der Waals surface area contributed by atoms with Crippen LogP contribution >= 0.6 is 0 Å². The van der Waals surface area contributed by atoms with Crippen molar-refractivity contribution < 1.29 is 23.4 Å². The molecule has 23 heavy (non-hydrogen) atoms. The van der Waals surface area contributed by atoms with Gasteiger partial charge < -0.3 is 9.84 Å². The Labute approximate surface area is 131 Å². The molecule has 2 atom stereocenters. The second-order valence-corrected chi connectivity index (χ2v) is 5.12. The molecule has 0 aliphatic rings. The summed E-state index contributed by atoms with van der Waals surface area (Å²) in [5, 5.41) is 14.9. The second-order valence-electron chi connectivity index (χ2n) is 5.12. The highest BCUT2D eigenvalue weighted by Gasteiger charge is 2.43. The van der Waals surface area contributed by atoms with E-state index in [4.69, 9.17) is 4.74 Å². The first kappa shape index (κ1) is 17.0. The number of carbonyl (C=O) groups is 1. The largest absolute Gasteiger partial charge is 0.466 e. The van der Waals surface area contributed by atoms with Crippen LogP contribution in [-0.2, 0) is 21.7 Å². The standard InChI is InChI=1S/C15H17F2N3O3/c1-3-23-14(21)10(2)15(22,7-20-9-18-8-19-20)12-6-11(16)4-5-13(12)17/h4-6,8-10,22H,3,7H2,1-2H3. The molecule has 0 spiro atoms. The van der Waals surface area contributed by atoms with Crippen LogP contribution in [0.15, 0.2) is 30.9 Å². The van der Waals surface area contributed by atoms with Crippen LogP contribution in [0.2, 0.25) is 0 Å². The van der Waals surface area contributed by atoms with Crippen LogP contribution in [0, 0.1) is 17.6 Å². The number of rotatable bonds is 6. The Hall–Kier alpha value is -2.35. The highest BCUT2D eigenvalue weighted by atomic mass is 19.1. The van der Waals surface area contributed by atoms with E-state index in [-0.39, 0.29) is 18.7 Å². The van der Waals surface area contributed by atoms with Gasteiger partial charge in [-0.2, -0.15) is 5.10 Å². The molecule has 6 nitrogen and oxygen atoms in total. The Morgan fingerprint density at radius 1 is 1.48 bits per heavy atom. The highest BCUT2D eigenvalue weighted by Crippen LogP contribution is 2.34. The molecular formula is C15H17F2N3O3. The van der Waals surface area contributed by atoms with Crippen LogP contribution in [0.1, 0.15) is 19.4 Å². The minimum Gasteiger partial charge on any atom is -0.466 e. The molecule has 0 saturated carbocycles. The third kappa shape index (κ3) is 3.53. The summed E-state index contributed by atoms with van der Waals surface area (Å²) in [4.78, 5) is 15.8. The van der Waals surface area contributed by atoms with Crippen molar-refractivity contribution in [2.75, 3.05) is 6.61 Å².